The maximum atomic E-state index is 12.1. The highest BCUT2D eigenvalue weighted by Gasteiger charge is 2.29. The molecule has 1 aliphatic heterocycles. The van der Waals surface area contributed by atoms with Gasteiger partial charge in [-0.3, -0.25) is 19.5 Å². The fourth-order valence-electron chi connectivity index (χ4n) is 2.15. The van der Waals surface area contributed by atoms with E-state index < -0.39 is 0 Å². The Labute approximate surface area is 145 Å². The van der Waals surface area contributed by atoms with E-state index in [9.17, 15) is 9.59 Å². The minimum atomic E-state index is -0.135. The van der Waals surface area contributed by atoms with E-state index >= 15 is 0 Å². The molecule has 2 rings (SSSR count). The van der Waals surface area contributed by atoms with Crippen molar-refractivity contribution in [3.63, 3.8) is 0 Å². The van der Waals surface area contributed by atoms with Crippen LogP contribution in [0.1, 0.15) is 26.2 Å². The number of para-hydroxylation sites is 1. The second-order valence-electron chi connectivity index (χ2n) is 5.13. The zero-order chi connectivity index (χ0) is 16.7. The van der Waals surface area contributed by atoms with Gasteiger partial charge in [-0.2, -0.15) is 0 Å². The molecule has 0 atom stereocenters. The number of halogens is 1. The maximum absolute atomic E-state index is 12.1. The third kappa shape index (κ3) is 4.97. The summed E-state index contributed by atoms with van der Waals surface area (Å²) in [6, 6.07) is 7.12. The van der Waals surface area contributed by atoms with E-state index in [2.05, 4.69) is 17.2 Å². The molecule has 0 saturated carbocycles. The van der Waals surface area contributed by atoms with Gasteiger partial charge in [0.2, 0.25) is 5.91 Å². The molecule has 23 heavy (non-hydrogen) atoms. The predicted octanol–water partition coefficient (Wildman–Crippen LogP) is 3.08. The molecule has 0 aromatic heterocycles. The van der Waals surface area contributed by atoms with Crippen LogP contribution in [0.5, 0.6) is 0 Å². The third-order valence-corrected chi connectivity index (χ3v) is 4.61. The number of carbonyl (C=O) groups excluding carboxylic acids is 2. The largest absolute Gasteiger partial charge is 0.355 e. The van der Waals surface area contributed by atoms with Crippen LogP contribution in [0.4, 0.5) is 5.69 Å². The number of thioether (sulfide) groups is 1. The molecule has 0 saturated heterocycles. The molecule has 0 fully saturated rings. The van der Waals surface area contributed by atoms with Gasteiger partial charge in [0.1, 0.15) is 6.54 Å². The SMILES string of the molecule is CCCCCNC(=O)CSC1=NCC(=O)N1c1ccccc1Cl. The van der Waals surface area contributed by atoms with Gasteiger partial charge in [-0.05, 0) is 18.6 Å². The molecule has 1 aromatic carbocycles. The van der Waals surface area contributed by atoms with E-state index in [1.807, 2.05) is 6.07 Å². The van der Waals surface area contributed by atoms with Crippen LogP contribution in [0, 0.1) is 0 Å². The Morgan fingerprint density at radius 3 is 2.91 bits per heavy atom. The highest BCUT2D eigenvalue weighted by molar-refractivity contribution is 8.14. The smallest absolute Gasteiger partial charge is 0.254 e. The van der Waals surface area contributed by atoms with Gasteiger partial charge >= 0.3 is 0 Å². The van der Waals surface area contributed by atoms with Crippen LogP contribution in [-0.4, -0.2) is 35.8 Å². The molecular weight excluding hydrogens is 334 g/mol. The first-order valence-electron chi connectivity index (χ1n) is 7.65. The van der Waals surface area contributed by atoms with Crippen LogP contribution in [0.3, 0.4) is 0 Å². The van der Waals surface area contributed by atoms with Crippen LogP contribution in [-0.2, 0) is 9.59 Å². The van der Waals surface area contributed by atoms with E-state index in [-0.39, 0.29) is 24.1 Å². The van der Waals surface area contributed by atoms with Crippen LogP contribution >= 0.6 is 23.4 Å². The van der Waals surface area contributed by atoms with Crippen molar-refractivity contribution in [2.45, 2.75) is 26.2 Å². The summed E-state index contributed by atoms with van der Waals surface area (Å²) >= 11 is 7.41. The molecule has 0 radical (unpaired) electrons. The number of hydrogen-bond donors (Lipinski definition) is 1. The normalized spacial score (nSPS) is 14.1. The van der Waals surface area contributed by atoms with Crippen molar-refractivity contribution in [3.05, 3.63) is 29.3 Å². The van der Waals surface area contributed by atoms with Crippen molar-refractivity contribution < 1.29 is 9.59 Å². The number of carbonyl (C=O) groups is 2. The van der Waals surface area contributed by atoms with Gasteiger partial charge < -0.3 is 5.32 Å². The number of aliphatic imine (C=N–C) groups is 1. The summed E-state index contributed by atoms with van der Waals surface area (Å²) in [5, 5.41) is 3.88. The summed E-state index contributed by atoms with van der Waals surface area (Å²) in [7, 11) is 0. The van der Waals surface area contributed by atoms with Crippen molar-refractivity contribution in [2.75, 3.05) is 23.7 Å². The number of benzene rings is 1. The average molecular weight is 354 g/mol. The lowest BCUT2D eigenvalue weighted by molar-refractivity contribution is -0.118. The second kappa shape index (κ2) is 8.93. The Morgan fingerprint density at radius 2 is 2.17 bits per heavy atom. The van der Waals surface area contributed by atoms with Gasteiger partial charge in [0.15, 0.2) is 5.17 Å². The Hall–Kier alpha value is -1.53. The highest BCUT2D eigenvalue weighted by Crippen LogP contribution is 2.30. The molecule has 0 bridgehead atoms. The fraction of sp³-hybridized carbons (Fsp3) is 0.438. The third-order valence-electron chi connectivity index (χ3n) is 3.32. The summed E-state index contributed by atoms with van der Waals surface area (Å²) < 4.78 is 0. The highest BCUT2D eigenvalue weighted by atomic mass is 35.5. The molecule has 2 amide bonds. The monoisotopic (exact) mass is 353 g/mol. The number of rotatable bonds is 7. The van der Waals surface area contributed by atoms with Crippen molar-refractivity contribution in [2.24, 2.45) is 4.99 Å². The molecule has 0 spiro atoms. The van der Waals surface area contributed by atoms with Gasteiger partial charge in [0, 0.05) is 6.54 Å². The van der Waals surface area contributed by atoms with Crippen LogP contribution < -0.4 is 10.2 Å². The van der Waals surface area contributed by atoms with E-state index in [0.29, 0.717) is 22.4 Å². The lowest BCUT2D eigenvalue weighted by atomic mass is 10.2. The second-order valence-corrected chi connectivity index (χ2v) is 6.47. The van der Waals surface area contributed by atoms with Gasteiger partial charge in [-0.1, -0.05) is 55.3 Å². The molecule has 1 aromatic rings. The van der Waals surface area contributed by atoms with Crippen molar-refractivity contribution in [3.8, 4) is 0 Å². The number of anilines is 1. The number of hydrogen-bond acceptors (Lipinski definition) is 4. The van der Waals surface area contributed by atoms with Crippen LogP contribution in [0.2, 0.25) is 5.02 Å². The molecule has 7 heteroatoms. The molecule has 5 nitrogen and oxygen atoms in total. The first-order valence-corrected chi connectivity index (χ1v) is 9.01. The maximum Gasteiger partial charge on any atom is 0.254 e. The summed E-state index contributed by atoms with van der Waals surface area (Å²) in [5.74, 6) is 0.0512. The molecule has 1 aliphatic rings. The zero-order valence-electron chi connectivity index (χ0n) is 13.0. The van der Waals surface area contributed by atoms with Crippen molar-refractivity contribution in [1.82, 2.24) is 5.32 Å². The lowest BCUT2D eigenvalue weighted by Crippen LogP contribution is -2.33. The molecule has 1 heterocycles. The Kier molecular flexibility index (Phi) is 6.92. The standard InChI is InChI=1S/C16H20ClN3O2S/c1-2-3-6-9-18-14(21)11-23-16-19-10-15(22)20(16)13-8-5-4-7-12(13)17/h4-5,7-8H,2-3,6,9-11H2,1H3,(H,18,21). The van der Waals surface area contributed by atoms with Gasteiger partial charge in [-0.15, -0.1) is 0 Å². The number of unbranched alkanes of at least 4 members (excludes halogenated alkanes) is 2. The molecular formula is C16H20ClN3O2S. The van der Waals surface area contributed by atoms with E-state index in [4.69, 9.17) is 11.6 Å². The lowest BCUT2D eigenvalue weighted by Gasteiger charge is -2.19. The fourth-order valence-corrected chi connectivity index (χ4v) is 3.22. The summed E-state index contributed by atoms with van der Waals surface area (Å²) in [6.45, 7) is 2.90. The minimum absolute atomic E-state index is 0.0488. The first kappa shape index (κ1) is 17.8. The van der Waals surface area contributed by atoms with Gasteiger partial charge in [0.05, 0.1) is 16.5 Å². The molecule has 1 N–H and O–H groups in total. The summed E-state index contributed by atoms with van der Waals surface area (Å²) in [4.78, 5) is 29.6. The van der Waals surface area contributed by atoms with E-state index in [0.717, 1.165) is 19.3 Å². The quantitative estimate of drug-likeness (QED) is 0.766. The minimum Gasteiger partial charge on any atom is -0.355 e. The predicted molar refractivity (Wildman–Crippen MR) is 96.2 cm³/mol. The van der Waals surface area contributed by atoms with Crippen LogP contribution in [0.25, 0.3) is 0 Å². The van der Waals surface area contributed by atoms with E-state index in [1.165, 1.54) is 16.7 Å². The van der Waals surface area contributed by atoms with Crippen molar-refractivity contribution >= 4 is 46.0 Å². The van der Waals surface area contributed by atoms with E-state index in [1.54, 1.807) is 18.2 Å². The topological polar surface area (TPSA) is 61.8 Å². The molecule has 0 aliphatic carbocycles. The van der Waals surface area contributed by atoms with Crippen molar-refractivity contribution in [1.29, 1.82) is 0 Å². The molecule has 124 valence electrons. The number of amidine groups is 1. The number of nitrogens with one attached hydrogen (secondary N) is 1. The summed E-state index contributed by atoms with van der Waals surface area (Å²) in [5.41, 5.74) is 0.603. The number of nitrogens with zero attached hydrogens (tertiary/aromatic N) is 2. The van der Waals surface area contributed by atoms with Gasteiger partial charge in [-0.25, -0.2) is 0 Å². The summed E-state index contributed by atoms with van der Waals surface area (Å²) in [6.07, 6.45) is 3.21. The molecule has 0 unspecified atom stereocenters. The van der Waals surface area contributed by atoms with Crippen LogP contribution in [0.15, 0.2) is 29.3 Å². The Balaban J connectivity index is 1.90. The Morgan fingerprint density at radius 1 is 1.39 bits per heavy atom. The number of amides is 2. The Bertz CT molecular complexity index is 607. The van der Waals surface area contributed by atoms with Gasteiger partial charge in [0.25, 0.3) is 5.91 Å². The first-order chi connectivity index (χ1) is 11.1. The average Bonchev–Trinajstić information content (AvgIpc) is 2.91. The zero-order valence-corrected chi connectivity index (χ0v) is 14.6.